The molecule has 3 amide bonds. The van der Waals surface area contributed by atoms with Crippen LogP contribution in [0.1, 0.15) is 77.0 Å². The van der Waals surface area contributed by atoms with Crippen molar-refractivity contribution in [3.05, 3.63) is 0 Å². The first-order valence-corrected chi connectivity index (χ1v) is 14.3. The highest BCUT2D eigenvalue weighted by Crippen LogP contribution is 2.03. The molecule has 15 nitrogen and oxygen atoms in total. The van der Waals surface area contributed by atoms with Gasteiger partial charge >= 0.3 is 18.3 Å². The van der Waals surface area contributed by atoms with E-state index in [4.69, 9.17) is 30.0 Å². The summed E-state index contributed by atoms with van der Waals surface area (Å²) < 4.78 is 29.4. The first kappa shape index (κ1) is 37.7. The van der Waals surface area contributed by atoms with Crippen molar-refractivity contribution in [1.82, 2.24) is 16.0 Å². The number of hydrogen-bond donors (Lipinski definition) is 3. The van der Waals surface area contributed by atoms with Gasteiger partial charge in [-0.25, -0.2) is 14.4 Å². The van der Waals surface area contributed by atoms with Gasteiger partial charge in [-0.05, 0) is 57.8 Å². The number of nitrogens with one attached hydrogen (secondary N) is 3. The van der Waals surface area contributed by atoms with Crippen molar-refractivity contribution in [3.8, 4) is 18.8 Å². The lowest BCUT2D eigenvalue weighted by Crippen LogP contribution is -2.38. The maximum Gasteiger partial charge on any atom is 0.407 e. The number of hydrogen-bond acceptors (Lipinski definition) is 12. The molecule has 0 bridgehead atoms. The highest BCUT2D eigenvalue weighted by molar-refractivity contribution is 5.68. The molecule has 0 aromatic heterocycles. The normalized spacial score (nSPS) is 9.86. The van der Waals surface area contributed by atoms with Crippen molar-refractivity contribution >= 4 is 18.3 Å². The van der Waals surface area contributed by atoms with E-state index in [2.05, 4.69) is 30.2 Å². The van der Waals surface area contributed by atoms with Gasteiger partial charge in [0.1, 0.15) is 33.0 Å². The second-order valence-electron chi connectivity index (χ2n) is 9.07. The molecule has 0 saturated heterocycles. The smallest absolute Gasteiger partial charge is 0.407 e. The van der Waals surface area contributed by atoms with Gasteiger partial charge in [-0.15, -0.1) is 0 Å². The van der Waals surface area contributed by atoms with Crippen LogP contribution in [0, 0.1) is 34.6 Å². The number of alkyl carbamates (subject to hydrolysis) is 3. The standard InChI is InChI=1S/C27H44N6O9/c28-21-37-16-10-4-1-7-13-31-25(34)40-19-24(42-27(36)33-15-9-3-6-12-18-39-23-30)20-41-26(35)32-14-8-2-5-11-17-38-22-29/h24H,1-20H2,(H,31,34)(H,32,35)(H,33,36). The Balaban J connectivity index is 4.38. The van der Waals surface area contributed by atoms with Crippen molar-refractivity contribution < 1.29 is 42.8 Å². The zero-order valence-corrected chi connectivity index (χ0v) is 24.2. The summed E-state index contributed by atoms with van der Waals surface area (Å²) in [4.78, 5) is 36.3. The molecule has 0 rings (SSSR count). The molecule has 0 atom stereocenters. The van der Waals surface area contributed by atoms with Gasteiger partial charge in [-0.2, -0.15) is 15.8 Å². The van der Waals surface area contributed by atoms with Crippen LogP contribution in [-0.2, 0) is 28.4 Å². The summed E-state index contributed by atoms with van der Waals surface area (Å²) in [5.74, 6) is 0. The minimum atomic E-state index is -1.02. The number of carbonyl (C=O) groups excluding carboxylic acids is 3. The zero-order chi connectivity index (χ0) is 30.9. The first-order valence-electron chi connectivity index (χ1n) is 14.3. The maximum absolute atomic E-state index is 12.2. The van der Waals surface area contributed by atoms with E-state index in [-0.39, 0.29) is 13.2 Å². The number of nitrogens with zero attached hydrogens (tertiary/aromatic N) is 3. The van der Waals surface area contributed by atoms with Gasteiger partial charge < -0.3 is 44.4 Å². The van der Waals surface area contributed by atoms with Crippen LogP contribution < -0.4 is 16.0 Å². The summed E-state index contributed by atoms with van der Waals surface area (Å²) in [6, 6.07) is 0. The SMILES string of the molecule is N#COCCCCCCNC(=O)OCC(COC(=O)NCCCCCCOC#N)OC(=O)NCCCCCCOC#N. The fraction of sp³-hybridized carbons (Fsp3) is 0.778. The Hall–Kier alpha value is -4.32. The molecule has 42 heavy (non-hydrogen) atoms. The zero-order valence-electron chi connectivity index (χ0n) is 24.2. The van der Waals surface area contributed by atoms with Crippen LogP contribution in [-0.4, -0.2) is 77.1 Å². The van der Waals surface area contributed by atoms with Crippen molar-refractivity contribution in [2.45, 2.75) is 83.2 Å². The number of amides is 3. The van der Waals surface area contributed by atoms with E-state index >= 15 is 0 Å². The number of ether oxygens (including phenoxy) is 6. The van der Waals surface area contributed by atoms with Gasteiger partial charge in [0.25, 0.3) is 18.8 Å². The number of carbonyl (C=O) groups is 3. The monoisotopic (exact) mass is 596 g/mol. The van der Waals surface area contributed by atoms with Crippen LogP contribution in [0.15, 0.2) is 0 Å². The van der Waals surface area contributed by atoms with Crippen molar-refractivity contribution in [1.29, 1.82) is 15.8 Å². The first-order chi connectivity index (χ1) is 20.5. The Morgan fingerprint density at radius 2 is 0.833 bits per heavy atom. The minimum Gasteiger partial charge on any atom is -0.445 e. The largest absolute Gasteiger partial charge is 0.445 e. The molecule has 0 fully saturated rings. The molecule has 0 aromatic carbocycles. The molecule has 0 heterocycles. The van der Waals surface area contributed by atoms with E-state index in [1.54, 1.807) is 18.8 Å². The van der Waals surface area contributed by atoms with Gasteiger partial charge in [0.05, 0.1) is 0 Å². The van der Waals surface area contributed by atoms with Crippen LogP contribution in [0.4, 0.5) is 14.4 Å². The molecule has 0 aliphatic heterocycles. The minimum absolute atomic E-state index is 0.318. The topological polar surface area (TPSA) is 214 Å². The van der Waals surface area contributed by atoms with Gasteiger partial charge in [-0.1, -0.05) is 19.3 Å². The lowest BCUT2D eigenvalue weighted by molar-refractivity contribution is 0.00737. The van der Waals surface area contributed by atoms with Crippen LogP contribution in [0.25, 0.3) is 0 Å². The summed E-state index contributed by atoms with van der Waals surface area (Å²) in [6.45, 7) is 1.61. The fourth-order valence-electron chi connectivity index (χ4n) is 3.42. The second kappa shape index (κ2) is 29.7. The molecule has 0 unspecified atom stereocenters. The summed E-state index contributed by atoms with van der Waals surface area (Å²) in [7, 11) is 0. The van der Waals surface area contributed by atoms with Crippen LogP contribution in [0.3, 0.4) is 0 Å². The second-order valence-corrected chi connectivity index (χ2v) is 9.07. The van der Waals surface area contributed by atoms with E-state index in [0.717, 1.165) is 57.8 Å². The predicted octanol–water partition coefficient (Wildman–Crippen LogP) is 3.71. The van der Waals surface area contributed by atoms with Gasteiger partial charge in [0, 0.05) is 19.6 Å². The molecule has 15 heteroatoms. The highest BCUT2D eigenvalue weighted by Gasteiger charge is 2.19. The van der Waals surface area contributed by atoms with Crippen LogP contribution in [0.2, 0.25) is 0 Å². The van der Waals surface area contributed by atoms with E-state index in [9.17, 15) is 14.4 Å². The maximum atomic E-state index is 12.2. The quantitative estimate of drug-likeness (QED) is 0.0740. The van der Waals surface area contributed by atoms with Gasteiger partial charge in [0.2, 0.25) is 0 Å². The molecule has 0 saturated carbocycles. The lowest BCUT2D eigenvalue weighted by Gasteiger charge is -2.18. The molecule has 3 N–H and O–H groups in total. The Labute approximate surface area is 247 Å². The third-order valence-electron chi connectivity index (χ3n) is 5.60. The van der Waals surface area contributed by atoms with Crippen molar-refractivity contribution in [3.63, 3.8) is 0 Å². The van der Waals surface area contributed by atoms with E-state index in [1.807, 2.05) is 0 Å². The molecule has 0 radical (unpaired) electrons. The van der Waals surface area contributed by atoms with E-state index < -0.39 is 24.4 Å². The average molecular weight is 597 g/mol. The number of rotatable bonds is 26. The van der Waals surface area contributed by atoms with Crippen LogP contribution in [0.5, 0.6) is 0 Å². The van der Waals surface area contributed by atoms with Crippen LogP contribution >= 0.6 is 0 Å². The molecular formula is C27H44N6O9. The molecule has 0 spiro atoms. The summed E-state index contributed by atoms with van der Waals surface area (Å²) in [5.41, 5.74) is 0. The molecular weight excluding hydrogens is 552 g/mol. The lowest BCUT2D eigenvalue weighted by atomic mass is 10.2. The third-order valence-corrected chi connectivity index (χ3v) is 5.60. The summed E-state index contributed by atoms with van der Waals surface area (Å²) >= 11 is 0. The van der Waals surface area contributed by atoms with Crippen molar-refractivity contribution in [2.24, 2.45) is 0 Å². The Morgan fingerprint density at radius 1 is 0.500 bits per heavy atom. The Bertz CT molecular complexity index is 795. The van der Waals surface area contributed by atoms with E-state index in [0.29, 0.717) is 58.7 Å². The molecule has 236 valence electrons. The van der Waals surface area contributed by atoms with Gasteiger partial charge in [0.15, 0.2) is 6.10 Å². The highest BCUT2D eigenvalue weighted by atomic mass is 16.6. The third kappa shape index (κ3) is 27.3. The average Bonchev–Trinajstić information content (AvgIpc) is 2.98. The summed E-state index contributed by atoms with van der Waals surface area (Å²) in [5, 5.41) is 32.8. The Kier molecular flexibility index (Phi) is 26.6. The fourth-order valence-corrected chi connectivity index (χ4v) is 3.42. The molecule has 0 aromatic rings. The summed E-state index contributed by atoms with van der Waals surface area (Å²) in [6.07, 6.45) is 11.1. The van der Waals surface area contributed by atoms with Crippen molar-refractivity contribution in [2.75, 3.05) is 52.7 Å². The predicted molar refractivity (Wildman–Crippen MR) is 147 cm³/mol. The molecule has 0 aliphatic carbocycles. The number of unbranched alkanes of at least 4 members (excludes halogenated alkanes) is 9. The van der Waals surface area contributed by atoms with Gasteiger partial charge in [-0.3, -0.25) is 0 Å². The molecule has 0 aliphatic rings. The Morgan fingerprint density at radius 3 is 1.19 bits per heavy atom. The van der Waals surface area contributed by atoms with E-state index in [1.165, 1.54) is 0 Å². The number of nitriles is 3.